The molecule has 32 heavy (non-hydrogen) atoms. The van der Waals surface area contributed by atoms with Crippen molar-refractivity contribution in [1.82, 2.24) is 20.2 Å². The molecule has 0 aliphatic heterocycles. The quantitative estimate of drug-likeness (QED) is 0.422. The fraction of sp³-hybridized carbons (Fsp3) is 0.0952. The standard InChI is InChI=1S/C21H13F4N5O2/c22-15-2-1-3-17(10-15)30(19(31)13-6-8-26-9-7-13)12-16-5-4-14(11-27-16)18-28-29-20(32-18)21(23,24)25/h1-11H,12H2. The van der Waals surface area contributed by atoms with Gasteiger partial charge in [-0.3, -0.25) is 14.8 Å². The molecule has 4 aromatic rings. The van der Waals surface area contributed by atoms with Crippen LogP contribution in [0.2, 0.25) is 0 Å². The number of halogens is 4. The predicted octanol–water partition coefficient (Wildman–Crippen LogP) is 4.53. The van der Waals surface area contributed by atoms with Gasteiger partial charge in [-0.1, -0.05) is 6.07 Å². The van der Waals surface area contributed by atoms with E-state index in [1.54, 1.807) is 6.07 Å². The zero-order chi connectivity index (χ0) is 22.7. The topological polar surface area (TPSA) is 85.0 Å². The molecule has 0 saturated carbocycles. The summed E-state index contributed by atoms with van der Waals surface area (Å²) < 4.78 is 56.4. The molecule has 162 valence electrons. The fourth-order valence-corrected chi connectivity index (χ4v) is 2.84. The normalized spacial score (nSPS) is 11.4. The minimum absolute atomic E-state index is 0.0253. The minimum atomic E-state index is -4.75. The van der Waals surface area contributed by atoms with E-state index in [1.165, 1.54) is 66.0 Å². The zero-order valence-electron chi connectivity index (χ0n) is 16.1. The number of pyridine rings is 2. The summed E-state index contributed by atoms with van der Waals surface area (Å²) in [5, 5.41) is 6.36. The van der Waals surface area contributed by atoms with Gasteiger partial charge in [0.25, 0.3) is 5.91 Å². The summed E-state index contributed by atoms with van der Waals surface area (Å²) in [6.07, 6.45) is -0.575. The Morgan fingerprint density at radius 1 is 1.03 bits per heavy atom. The number of alkyl halides is 3. The Labute approximate surface area is 178 Å². The van der Waals surface area contributed by atoms with Crippen molar-refractivity contribution in [3.8, 4) is 11.5 Å². The number of amides is 1. The maximum absolute atomic E-state index is 13.8. The van der Waals surface area contributed by atoms with Crippen molar-refractivity contribution in [3.63, 3.8) is 0 Å². The first-order chi connectivity index (χ1) is 15.3. The van der Waals surface area contributed by atoms with Crippen LogP contribution in [-0.2, 0) is 12.7 Å². The highest BCUT2D eigenvalue weighted by molar-refractivity contribution is 6.05. The largest absolute Gasteiger partial charge is 0.470 e. The van der Waals surface area contributed by atoms with Crippen molar-refractivity contribution < 1.29 is 26.8 Å². The van der Waals surface area contributed by atoms with Gasteiger partial charge in [0, 0.05) is 29.8 Å². The summed E-state index contributed by atoms with van der Waals surface area (Å²) >= 11 is 0. The summed E-state index contributed by atoms with van der Waals surface area (Å²) in [4.78, 5) is 22.4. The van der Waals surface area contributed by atoms with Gasteiger partial charge in [0.15, 0.2) is 0 Å². The lowest BCUT2D eigenvalue weighted by atomic mass is 10.2. The van der Waals surface area contributed by atoms with E-state index in [9.17, 15) is 22.4 Å². The van der Waals surface area contributed by atoms with E-state index in [0.717, 1.165) is 0 Å². The van der Waals surface area contributed by atoms with Gasteiger partial charge < -0.3 is 9.32 Å². The molecule has 0 radical (unpaired) electrons. The third-order valence-corrected chi connectivity index (χ3v) is 4.35. The number of aromatic nitrogens is 4. The van der Waals surface area contributed by atoms with Gasteiger partial charge in [0.2, 0.25) is 5.89 Å². The summed E-state index contributed by atoms with van der Waals surface area (Å²) in [6.45, 7) is -0.0253. The van der Waals surface area contributed by atoms with Crippen LogP contribution in [0.1, 0.15) is 21.9 Å². The van der Waals surface area contributed by atoms with E-state index in [0.29, 0.717) is 16.9 Å². The van der Waals surface area contributed by atoms with E-state index < -0.39 is 23.8 Å². The van der Waals surface area contributed by atoms with Crippen molar-refractivity contribution in [1.29, 1.82) is 0 Å². The van der Waals surface area contributed by atoms with Crippen LogP contribution in [0.25, 0.3) is 11.5 Å². The Kier molecular flexibility index (Phi) is 5.63. The molecular formula is C21H13F4N5O2. The Morgan fingerprint density at radius 3 is 2.44 bits per heavy atom. The maximum Gasteiger partial charge on any atom is 0.470 e. The number of carbonyl (C=O) groups is 1. The summed E-state index contributed by atoms with van der Waals surface area (Å²) in [6, 6.07) is 11.5. The molecule has 0 fully saturated rings. The van der Waals surface area contributed by atoms with Gasteiger partial charge >= 0.3 is 12.1 Å². The van der Waals surface area contributed by atoms with Crippen LogP contribution in [0.15, 0.2) is 71.5 Å². The molecule has 0 bridgehead atoms. The second-order valence-electron chi connectivity index (χ2n) is 6.56. The van der Waals surface area contributed by atoms with Crippen LogP contribution >= 0.6 is 0 Å². The Morgan fingerprint density at radius 2 is 1.81 bits per heavy atom. The number of carbonyl (C=O) groups excluding carboxylic acids is 1. The first-order valence-electron chi connectivity index (χ1n) is 9.15. The molecule has 0 aliphatic carbocycles. The highest BCUT2D eigenvalue weighted by Gasteiger charge is 2.38. The molecule has 0 N–H and O–H groups in total. The van der Waals surface area contributed by atoms with Gasteiger partial charge in [-0.25, -0.2) is 4.39 Å². The van der Waals surface area contributed by atoms with Gasteiger partial charge in [-0.2, -0.15) is 13.2 Å². The number of benzene rings is 1. The number of nitrogens with zero attached hydrogens (tertiary/aromatic N) is 5. The summed E-state index contributed by atoms with van der Waals surface area (Å²) in [7, 11) is 0. The second kappa shape index (κ2) is 8.53. The van der Waals surface area contributed by atoms with E-state index in [1.807, 2.05) is 0 Å². The second-order valence-corrected chi connectivity index (χ2v) is 6.56. The highest BCUT2D eigenvalue weighted by atomic mass is 19.4. The van der Waals surface area contributed by atoms with Crippen LogP contribution in [0.4, 0.5) is 23.2 Å². The molecule has 7 nitrogen and oxygen atoms in total. The van der Waals surface area contributed by atoms with Gasteiger partial charge in [-0.15, -0.1) is 10.2 Å². The zero-order valence-corrected chi connectivity index (χ0v) is 16.1. The van der Waals surface area contributed by atoms with Crippen molar-refractivity contribution in [2.24, 2.45) is 0 Å². The number of anilines is 1. The number of rotatable bonds is 5. The van der Waals surface area contributed by atoms with E-state index in [-0.39, 0.29) is 18.0 Å². The SMILES string of the molecule is O=C(c1ccncc1)N(Cc1ccc(-c2nnc(C(F)(F)F)o2)cn1)c1cccc(F)c1. The summed E-state index contributed by atoms with van der Waals surface area (Å²) in [5.74, 6) is -2.73. The Balaban J connectivity index is 1.61. The molecule has 0 spiro atoms. The van der Waals surface area contributed by atoms with Crippen LogP contribution in [-0.4, -0.2) is 26.1 Å². The molecule has 0 unspecified atom stereocenters. The van der Waals surface area contributed by atoms with Gasteiger partial charge in [0.05, 0.1) is 17.8 Å². The van der Waals surface area contributed by atoms with E-state index >= 15 is 0 Å². The molecule has 0 saturated heterocycles. The Hall–Kier alpha value is -4.15. The average Bonchev–Trinajstić information content (AvgIpc) is 3.29. The van der Waals surface area contributed by atoms with Crippen molar-refractivity contribution in [3.05, 3.63) is 90.1 Å². The number of hydrogen-bond donors (Lipinski definition) is 0. The molecule has 4 rings (SSSR count). The van der Waals surface area contributed by atoms with Crippen LogP contribution in [0, 0.1) is 5.82 Å². The molecule has 3 heterocycles. The van der Waals surface area contributed by atoms with Crippen molar-refractivity contribution >= 4 is 11.6 Å². The van der Waals surface area contributed by atoms with Crippen molar-refractivity contribution in [2.45, 2.75) is 12.7 Å². The first kappa shape index (κ1) is 21.1. The molecule has 11 heteroatoms. The van der Waals surface area contributed by atoms with Crippen LogP contribution in [0.3, 0.4) is 0 Å². The first-order valence-corrected chi connectivity index (χ1v) is 9.15. The lowest BCUT2D eigenvalue weighted by Gasteiger charge is -2.23. The third-order valence-electron chi connectivity index (χ3n) is 4.35. The average molecular weight is 443 g/mol. The monoisotopic (exact) mass is 443 g/mol. The van der Waals surface area contributed by atoms with Gasteiger partial charge in [0.1, 0.15) is 5.82 Å². The molecule has 0 aliphatic rings. The third kappa shape index (κ3) is 4.61. The molecule has 3 aromatic heterocycles. The van der Waals surface area contributed by atoms with Crippen LogP contribution < -0.4 is 4.90 Å². The fourth-order valence-electron chi connectivity index (χ4n) is 2.84. The molecule has 1 aromatic carbocycles. The van der Waals surface area contributed by atoms with E-state index in [2.05, 4.69) is 24.6 Å². The summed E-state index contributed by atoms with van der Waals surface area (Å²) in [5.41, 5.74) is 1.22. The highest BCUT2D eigenvalue weighted by Crippen LogP contribution is 2.30. The van der Waals surface area contributed by atoms with E-state index in [4.69, 9.17) is 0 Å². The maximum atomic E-state index is 13.8. The Bertz CT molecular complexity index is 1230. The van der Waals surface area contributed by atoms with Gasteiger partial charge in [-0.05, 0) is 42.5 Å². The molecule has 1 amide bonds. The lowest BCUT2D eigenvalue weighted by molar-refractivity contribution is -0.156. The number of hydrogen-bond acceptors (Lipinski definition) is 6. The minimum Gasteiger partial charge on any atom is -0.413 e. The smallest absolute Gasteiger partial charge is 0.413 e. The predicted molar refractivity (Wildman–Crippen MR) is 104 cm³/mol. The molecular weight excluding hydrogens is 430 g/mol. The van der Waals surface area contributed by atoms with Crippen LogP contribution in [0.5, 0.6) is 0 Å². The van der Waals surface area contributed by atoms with Crippen molar-refractivity contribution in [2.75, 3.05) is 4.90 Å². The molecule has 0 atom stereocenters. The lowest BCUT2D eigenvalue weighted by Crippen LogP contribution is -2.30.